The van der Waals surface area contributed by atoms with E-state index in [4.69, 9.17) is 4.74 Å². The predicted molar refractivity (Wildman–Crippen MR) is 142 cm³/mol. The fourth-order valence-electron chi connectivity index (χ4n) is 4.61. The lowest BCUT2D eigenvalue weighted by atomic mass is 10.00. The van der Waals surface area contributed by atoms with Crippen LogP contribution in [0.25, 0.3) is 0 Å². The van der Waals surface area contributed by atoms with E-state index in [9.17, 15) is 9.90 Å². The van der Waals surface area contributed by atoms with Crippen LogP contribution in [0.3, 0.4) is 0 Å². The van der Waals surface area contributed by atoms with E-state index in [1.807, 2.05) is 59.2 Å². The highest BCUT2D eigenvalue weighted by molar-refractivity contribution is 7.10. The summed E-state index contributed by atoms with van der Waals surface area (Å²) in [6.07, 6.45) is 0.249. The van der Waals surface area contributed by atoms with Crippen molar-refractivity contribution in [1.29, 1.82) is 0 Å². The molecule has 0 fully saturated rings. The molecule has 0 radical (unpaired) electrons. The predicted octanol–water partition coefficient (Wildman–Crippen LogP) is 5.43. The average Bonchev–Trinajstić information content (AvgIpc) is 3.36. The van der Waals surface area contributed by atoms with Gasteiger partial charge in [-0.3, -0.25) is 9.69 Å². The molecule has 4 rings (SSSR count). The first kappa shape index (κ1) is 25.4. The van der Waals surface area contributed by atoms with Gasteiger partial charge in [-0.2, -0.15) is 0 Å². The molecule has 0 saturated heterocycles. The largest absolute Gasteiger partial charge is 0.491 e. The van der Waals surface area contributed by atoms with Crippen molar-refractivity contribution in [3.63, 3.8) is 0 Å². The van der Waals surface area contributed by atoms with Gasteiger partial charge in [-0.1, -0.05) is 63.2 Å². The van der Waals surface area contributed by atoms with Gasteiger partial charge in [0.05, 0.1) is 18.7 Å². The Labute approximate surface area is 213 Å². The van der Waals surface area contributed by atoms with E-state index in [0.717, 1.165) is 17.7 Å². The quantitative estimate of drug-likeness (QED) is 0.410. The number of fused-ring (bicyclic) bond motifs is 1. The summed E-state index contributed by atoms with van der Waals surface area (Å²) in [4.78, 5) is 18.8. The molecule has 0 bridgehead atoms. The maximum atomic E-state index is 13.5. The number of carbonyl (C=O) groups is 1. The molecular formula is C29H36N2O3S. The Morgan fingerprint density at radius 1 is 1.11 bits per heavy atom. The Morgan fingerprint density at radius 3 is 2.54 bits per heavy atom. The third-order valence-electron chi connectivity index (χ3n) is 6.79. The topological polar surface area (TPSA) is 53.0 Å². The molecule has 1 amide bonds. The molecule has 5 nitrogen and oxygen atoms in total. The van der Waals surface area contributed by atoms with E-state index in [2.05, 4.69) is 37.4 Å². The molecular weight excluding hydrogens is 456 g/mol. The second kappa shape index (κ2) is 11.8. The van der Waals surface area contributed by atoms with Crippen LogP contribution in [0.4, 0.5) is 0 Å². The number of likely N-dealkylation sites (N-methyl/N-ethyl adjacent to an activating group) is 1. The maximum absolute atomic E-state index is 13.5. The number of carbonyl (C=O) groups excluding carboxylic acids is 1. The minimum Gasteiger partial charge on any atom is -0.491 e. The van der Waals surface area contributed by atoms with Crippen LogP contribution in [0.15, 0.2) is 66.0 Å². The maximum Gasteiger partial charge on any atom is 0.237 e. The second-order valence-corrected chi connectivity index (χ2v) is 10.4. The minimum absolute atomic E-state index is 0.0766. The van der Waals surface area contributed by atoms with Crippen molar-refractivity contribution in [3.8, 4) is 5.75 Å². The zero-order chi connectivity index (χ0) is 24.8. The van der Waals surface area contributed by atoms with Crippen molar-refractivity contribution in [2.75, 3.05) is 32.8 Å². The summed E-state index contributed by atoms with van der Waals surface area (Å²) in [5.74, 6) is 1.38. The molecule has 3 aromatic rings. The summed E-state index contributed by atoms with van der Waals surface area (Å²) in [6.45, 7) is 8.89. The van der Waals surface area contributed by atoms with Crippen molar-refractivity contribution in [2.45, 2.75) is 45.3 Å². The highest BCUT2D eigenvalue weighted by atomic mass is 32.1. The van der Waals surface area contributed by atoms with Crippen molar-refractivity contribution >= 4 is 17.2 Å². The van der Waals surface area contributed by atoms with Crippen molar-refractivity contribution in [2.24, 2.45) is 0 Å². The van der Waals surface area contributed by atoms with Crippen molar-refractivity contribution in [3.05, 3.63) is 87.6 Å². The first-order valence-electron chi connectivity index (χ1n) is 12.5. The molecule has 6 heteroatoms. The first-order valence-corrected chi connectivity index (χ1v) is 13.4. The monoisotopic (exact) mass is 492 g/mol. The number of nitrogens with zero attached hydrogens (tertiary/aromatic N) is 2. The number of ether oxygens (including phenoxy) is 1. The van der Waals surface area contributed by atoms with Crippen LogP contribution in [0.2, 0.25) is 0 Å². The lowest BCUT2D eigenvalue weighted by Gasteiger charge is -2.37. The van der Waals surface area contributed by atoms with Crippen LogP contribution in [0.1, 0.15) is 60.4 Å². The third-order valence-corrected chi connectivity index (χ3v) is 7.79. The molecule has 2 atom stereocenters. The normalized spacial score (nSPS) is 16.4. The summed E-state index contributed by atoms with van der Waals surface area (Å²) >= 11 is 1.76. The number of aliphatic hydroxyl groups is 1. The zero-order valence-corrected chi connectivity index (χ0v) is 21.7. The summed E-state index contributed by atoms with van der Waals surface area (Å²) in [5.41, 5.74) is 3.35. The van der Waals surface area contributed by atoms with Crippen LogP contribution >= 0.6 is 11.3 Å². The van der Waals surface area contributed by atoms with E-state index in [1.165, 1.54) is 16.0 Å². The highest BCUT2D eigenvalue weighted by Gasteiger charge is 2.33. The smallest absolute Gasteiger partial charge is 0.237 e. The Kier molecular flexibility index (Phi) is 8.60. The van der Waals surface area contributed by atoms with E-state index in [0.29, 0.717) is 32.2 Å². The van der Waals surface area contributed by atoms with Gasteiger partial charge in [0.1, 0.15) is 12.4 Å². The third kappa shape index (κ3) is 6.31. The molecule has 0 aliphatic carbocycles. The van der Waals surface area contributed by atoms with E-state index >= 15 is 0 Å². The van der Waals surface area contributed by atoms with Crippen LogP contribution in [0.5, 0.6) is 5.75 Å². The van der Waals surface area contributed by atoms with Crippen LogP contribution in [-0.2, 0) is 11.2 Å². The van der Waals surface area contributed by atoms with Gasteiger partial charge >= 0.3 is 0 Å². The van der Waals surface area contributed by atoms with E-state index < -0.39 is 6.10 Å². The second-order valence-electron chi connectivity index (χ2n) is 9.44. The molecule has 2 aromatic carbocycles. The number of hydrogen-bond acceptors (Lipinski definition) is 5. The number of amides is 1. The van der Waals surface area contributed by atoms with E-state index in [1.54, 1.807) is 11.3 Å². The Morgan fingerprint density at radius 2 is 1.86 bits per heavy atom. The number of benzene rings is 2. The standard InChI is InChI=1S/C29H36N2O3S/c1-4-30(18-27(32)23-8-6-5-7-9-23)19-29(33)31-16-14-28-25(15-17-35-28)26(31)20-34-24-12-10-22(11-13-24)21(2)3/h5-13,15,17,21,26-27,32H,4,14,16,18-20H2,1-3H3/t26-,27+/m0/s1. The Bertz CT molecular complexity index is 1080. The first-order chi connectivity index (χ1) is 17.0. The Balaban J connectivity index is 1.43. The van der Waals surface area contributed by atoms with Crippen molar-refractivity contribution in [1.82, 2.24) is 9.80 Å². The molecule has 1 aliphatic rings. The SMILES string of the molecule is CCN(CC(=O)N1CCc2sccc2[C@@H]1COc1ccc(C(C)C)cc1)C[C@@H](O)c1ccccc1. The van der Waals surface area contributed by atoms with Gasteiger partial charge in [-0.15, -0.1) is 11.3 Å². The van der Waals surface area contributed by atoms with Crippen LogP contribution < -0.4 is 4.74 Å². The Hall–Kier alpha value is -2.67. The fraction of sp³-hybridized carbons (Fsp3) is 0.414. The molecule has 2 heterocycles. The van der Waals surface area contributed by atoms with Gasteiger partial charge in [0.15, 0.2) is 0 Å². The molecule has 35 heavy (non-hydrogen) atoms. The lowest BCUT2D eigenvalue weighted by molar-refractivity contribution is -0.136. The molecule has 186 valence electrons. The van der Waals surface area contributed by atoms with Gasteiger partial charge in [-0.05, 0) is 59.2 Å². The van der Waals surface area contributed by atoms with Gasteiger partial charge in [0, 0.05) is 18.0 Å². The minimum atomic E-state index is -0.623. The van der Waals surface area contributed by atoms with Gasteiger partial charge in [0.2, 0.25) is 5.91 Å². The van der Waals surface area contributed by atoms with E-state index in [-0.39, 0.29) is 18.5 Å². The molecule has 1 aliphatic heterocycles. The van der Waals surface area contributed by atoms with Crippen LogP contribution in [-0.4, -0.2) is 53.6 Å². The molecule has 1 N–H and O–H groups in total. The number of hydrogen-bond donors (Lipinski definition) is 1. The van der Waals surface area contributed by atoms with Gasteiger partial charge in [0.25, 0.3) is 0 Å². The fourth-order valence-corrected chi connectivity index (χ4v) is 5.54. The number of aliphatic hydroxyl groups excluding tert-OH is 1. The average molecular weight is 493 g/mol. The summed E-state index contributed by atoms with van der Waals surface area (Å²) in [7, 11) is 0. The van der Waals surface area contributed by atoms with Gasteiger partial charge in [-0.25, -0.2) is 0 Å². The van der Waals surface area contributed by atoms with Crippen molar-refractivity contribution < 1.29 is 14.6 Å². The molecule has 0 saturated carbocycles. The summed E-state index contributed by atoms with van der Waals surface area (Å²) < 4.78 is 6.20. The molecule has 1 aromatic heterocycles. The number of thiophene rings is 1. The zero-order valence-electron chi connectivity index (χ0n) is 20.9. The van der Waals surface area contributed by atoms with Gasteiger partial charge < -0.3 is 14.7 Å². The summed E-state index contributed by atoms with van der Waals surface area (Å²) in [6, 6.07) is 19.9. The lowest BCUT2D eigenvalue weighted by Crippen LogP contribution is -2.47. The highest BCUT2D eigenvalue weighted by Crippen LogP contribution is 2.34. The van der Waals surface area contributed by atoms with Crippen LogP contribution in [0, 0.1) is 0 Å². The molecule has 0 unspecified atom stereocenters. The number of rotatable bonds is 10. The summed E-state index contributed by atoms with van der Waals surface area (Å²) in [5, 5.41) is 12.8. The molecule has 0 spiro atoms.